The number of hydrogen-bond acceptors (Lipinski definition) is 7. The van der Waals surface area contributed by atoms with Crippen LogP contribution in [0.1, 0.15) is 41.5 Å². The van der Waals surface area contributed by atoms with Gasteiger partial charge in [0.05, 0.1) is 17.8 Å². The molecule has 3 unspecified atom stereocenters. The van der Waals surface area contributed by atoms with Crippen molar-refractivity contribution in [3.63, 3.8) is 0 Å². The Morgan fingerprint density at radius 2 is 1.57 bits per heavy atom. The second kappa shape index (κ2) is 14.3. The van der Waals surface area contributed by atoms with Gasteiger partial charge in [0, 0.05) is 37.8 Å². The molecule has 0 saturated heterocycles. The third-order valence-corrected chi connectivity index (χ3v) is 7.40. The predicted molar refractivity (Wildman–Crippen MR) is 160 cm³/mol. The molecule has 0 saturated carbocycles. The Morgan fingerprint density at radius 3 is 2.29 bits per heavy atom. The van der Waals surface area contributed by atoms with Crippen LogP contribution in [0, 0.1) is 5.92 Å². The maximum Gasteiger partial charge on any atom is 0.224 e. The number of Topliss-reactive ketones (excluding diaryl/α,β-unsaturated/α-hetero) is 2. The van der Waals surface area contributed by atoms with Gasteiger partial charge in [-0.2, -0.15) is 0 Å². The molecule has 2 amide bonds. The number of aliphatic imine (C=N–C) groups is 1. The highest BCUT2D eigenvalue weighted by Gasteiger charge is 2.29. The van der Waals surface area contributed by atoms with Crippen LogP contribution in [0.25, 0.3) is 0 Å². The van der Waals surface area contributed by atoms with Gasteiger partial charge in [0.1, 0.15) is 5.75 Å². The molecule has 0 radical (unpaired) electrons. The number of carbonyl (C=O) groups excluding carboxylic acids is 4. The lowest BCUT2D eigenvalue weighted by Gasteiger charge is -2.23. The van der Waals surface area contributed by atoms with Gasteiger partial charge in [0.25, 0.3) is 0 Å². The maximum absolute atomic E-state index is 13.7. The topological polar surface area (TPSA) is 165 Å². The van der Waals surface area contributed by atoms with Crippen LogP contribution < -0.4 is 16.8 Å². The number of hydrogen-bond donors (Lipinski definition) is 4. The summed E-state index contributed by atoms with van der Waals surface area (Å²) in [4.78, 5) is 56.1. The fraction of sp³-hybridized carbons (Fsp3) is 0.303. The summed E-state index contributed by atoms with van der Waals surface area (Å²) in [6, 6.07) is 19.6. The second-order valence-electron chi connectivity index (χ2n) is 10.7. The molecule has 0 spiro atoms. The van der Waals surface area contributed by atoms with E-state index in [0.717, 1.165) is 34.4 Å². The largest absolute Gasteiger partial charge is 0.508 e. The van der Waals surface area contributed by atoms with Crippen molar-refractivity contribution in [2.45, 2.75) is 57.0 Å². The van der Waals surface area contributed by atoms with Gasteiger partial charge in [-0.1, -0.05) is 54.6 Å². The Morgan fingerprint density at radius 1 is 0.881 bits per heavy atom. The first kappa shape index (κ1) is 30.3. The van der Waals surface area contributed by atoms with Crippen LogP contribution in [0.4, 0.5) is 5.69 Å². The van der Waals surface area contributed by atoms with E-state index in [0.29, 0.717) is 6.42 Å². The molecular weight excluding hydrogens is 532 g/mol. The summed E-state index contributed by atoms with van der Waals surface area (Å²) >= 11 is 0. The van der Waals surface area contributed by atoms with E-state index in [2.05, 4.69) is 10.3 Å². The fourth-order valence-corrected chi connectivity index (χ4v) is 5.02. The zero-order chi connectivity index (χ0) is 30.1. The molecule has 42 heavy (non-hydrogen) atoms. The van der Waals surface area contributed by atoms with E-state index in [1.807, 2.05) is 54.7 Å². The summed E-state index contributed by atoms with van der Waals surface area (Å²) in [5.41, 5.74) is 15.9. The van der Waals surface area contributed by atoms with E-state index in [-0.39, 0.29) is 49.4 Å². The molecule has 3 aromatic rings. The first-order valence-electron chi connectivity index (χ1n) is 14.0. The molecule has 6 N–H and O–H groups in total. The average molecular weight is 569 g/mol. The minimum atomic E-state index is -0.975. The van der Waals surface area contributed by atoms with Crippen molar-refractivity contribution < 1.29 is 24.3 Å². The highest BCUT2D eigenvalue weighted by molar-refractivity contribution is 5.94. The molecule has 0 aromatic heterocycles. The number of carbonyl (C=O) groups is 4. The molecule has 3 atom stereocenters. The van der Waals surface area contributed by atoms with Crippen molar-refractivity contribution in [2.75, 3.05) is 0 Å². The molecule has 1 aliphatic rings. The number of nitrogens with zero attached hydrogens (tertiary/aromatic N) is 1. The number of aromatic hydroxyl groups is 1. The van der Waals surface area contributed by atoms with Crippen LogP contribution in [0.15, 0.2) is 77.8 Å². The Labute approximate surface area is 245 Å². The van der Waals surface area contributed by atoms with Crippen LogP contribution in [0.5, 0.6) is 5.75 Å². The number of fused-ring (bicyclic) bond motifs is 1. The molecule has 9 nitrogen and oxygen atoms in total. The number of phenols is 1. The molecular formula is C33H36N4O5. The van der Waals surface area contributed by atoms with E-state index in [9.17, 15) is 24.3 Å². The molecule has 0 bridgehead atoms. The van der Waals surface area contributed by atoms with E-state index in [4.69, 9.17) is 11.5 Å². The zero-order valence-corrected chi connectivity index (χ0v) is 23.4. The van der Waals surface area contributed by atoms with Crippen LogP contribution in [-0.2, 0) is 44.9 Å². The van der Waals surface area contributed by atoms with Crippen molar-refractivity contribution in [3.8, 4) is 5.75 Å². The summed E-state index contributed by atoms with van der Waals surface area (Å²) < 4.78 is 0. The maximum atomic E-state index is 13.7. The number of primary amides is 1. The second-order valence-corrected chi connectivity index (χ2v) is 10.7. The highest BCUT2D eigenvalue weighted by atomic mass is 16.3. The lowest BCUT2D eigenvalue weighted by Crippen LogP contribution is -2.46. The molecule has 0 aliphatic carbocycles. The summed E-state index contributed by atoms with van der Waals surface area (Å²) in [5, 5.41) is 12.5. The van der Waals surface area contributed by atoms with Crippen molar-refractivity contribution in [3.05, 3.63) is 95.1 Å². The Hall–Kier alpha value is -4.63. The molecule has 218 valence electrons. The Balaban J connectivity index is 1.50. The van der Waals surface area contributed by atoms with Crippen molar-refractivity contribution >= 4 is 35.3 Å². The van der Waals surface area contributed by atoms with Gasteiger partial charge in [0.2, 0.25) is 11.8 Å². The Kier molecular flexibility index (Phi) is 10.3. The molecule has 9 heteroatoms. The van der Waals surface area contributed by atoms with Crippen LogP contribution >= 0.6 is 0 Å². The standard InChI is InChI=1S/C33H36N4O5/c34-27(17-21-4-2-1-3-5-21)30(39)20-25(16-22-7-10-26(38)11-8-22)33(42)37-28(12-13-32(35)41)31(40)19-23-6-9-24-14-15-36-29(24)18-23/h1-11,15,18,25,27-28,38H,12-14,16-17,19-20,34H2,(H2,35,41)(H,37,42). The van der Waals surface area contributed by atoms with Crippen LogP contribution in [0.3, 0.4) is 0 Å². The van der Waals surface area contributed by atoms with Gasteiger partial charge in [-0.05, 0) is 59.7 Å². The number of nitrogens with two attached hydrogens (primary N) is 2. The van der Waals surface area contributed by atoms with Gasteiger partial charge in [0.15, 0.2) is 11.6 Å². The van der Waals surface area contributed by atoms with Crippen molar-refractivity contribution in [2.24, 2.45) is 22.4 Å². The van der Waals surface area contributed by atoms with E-state index >= 15 is 0 Å². The first-order chi connectivity index (χ1) is 20.2. The van der Waals surface area contributed by atoms with E-state index in [1.165, 1.54) is 12.1 Å². The number of ketones is 2. The summed E-state index contributed by atoms with van der Waals surface area (Å²) in [6.07, 6.45) is 2.93. The minimum absolute atomic E-state index is 0.0377. The van der Waals surface area contributed by atoms with Gasteiger partial charge < -0.3 is 21.9 Å². The number of nitrogens with one attached hydrogen (secondary N) is 1. The molecule has 4 rings (SSSR count). The summed E-state index contributed by atoms with van der Waals surface area (Å²) in [6.45, 7) is 0. The third kappa shape index (κ3) is 8.68. The summed E-state index contributed by atoms with van der Waals surface area (Å²) in [5.74, 6) is -2.39. The quantitative estimate of drug-likeness (QED) is 0.220. The molecule has 1 heterocycles. The average Bonchev–Trinajstić information content (AvgIpc) is 3.44. The van der Waals surface area contributed by atoms with Gasteiger partial charge in [-0.3, -0.25) is 24.2 Å². The number of benzene rings is 3. The molecule has 3 aromatic carbocycles. The van der Waals surface area contributed by atoms with Crippen LogP contribution in [0.2, 0.25) is 0 Å². The fourth-order valence-electron chi connectivity index (χ4n) is 5.02. The molecule has 1 aliphatic heterocycles. The highest BCUT2D eigenvalue weighted by Crippen LogP contribution is 2.26. The van der Waals surface area contributed by atoms with Crippen molar-refractivity contribution in [1.82, 2.24) is 5.32 Å². The van der Waals surface area contributed by atoms with Gasteiger partial charge in [-0.25, -0.2) is 0 Å². The SMILES string of the molecule is NC(=O)CCC(NC(=O)C(CC(=O)C(N)Cc1ccccc1)Cc1ccc(O)cc1)C(=O)Cc1ccc2c(c1)N=CC2. The van der Waals surface area contributed by atoms with E-state index < -0.39 is 29.8 Å². The normalized spacial score (nSPS) is 14.0. The number of amides is 2. The number of phenolic OH excluding ortho intramolecular Hbond substituents is 1. The lowest BCUT2D eigenvalue weighted by molar-refractivity contribution is -0.132. The van der Waals surface area contributed by atoms with E-state index in [1.54, 1.807) is 12.1 Å². The molecule has 0 fully saturated rings. The smallest absolute Gasteiger partial charge is 0.224 e. The van der Waals surface area contributed by atoms with Crippen LogP contribution in [-0.4, -0.2) is 46.8 Å². The Bertz CT molecular complexity index is 1450. The third-order valence-electron chi connectivity index (χ3n) is 7.40. The van der Waals surface area contributed by atoms with Gasteiger partial charge >= 0.3 is 0 Å². The van der Waals surface area contributed by atoms with Gasteiger partial charge in [-0.15, -0.1) is 0 Å². The summed E-state index contributed by atoms with van der Waals surface area (Å²) in [7, 11) is 0. The van der Waals surface area contributed by atoms with Crippen molar-refractivity contribution in [1.29, 1.82) is 0 Å². The zero-order valence-electron chi connectivity index (χ0n) is 23.4. The predicted octanol–water partition coefficient (Wildman–Crippen LogP) is 2.90. The number of rotatable bonds is 15. The minimum Gasteiger partial charge on any atom is -0.508 e. The lowest BCUT2D eigenvalue weighted by atomic mass is 9.89. The first-order valence-corrected chi connectivity index (χ1v) is 14.0. The monoisotopic (exact) mass is 568 g/mol.